The minimum Gasteiger partial charge on any atom is -0.341 e. The summed E-state index contributed by atoms with van der Waals surface area (Å²) in [7, 11) is 0. The van der Waals surface area contributed by atoms with Crippen LogP contribution in [0.25, 0.3) is 0 Å². The second kappa shape index (κ2) is 5.94. The molecular weight excluding hydrogens is 340 g/mol. The van der Waals surface area contributed by atoms with Crippen LogP contribution in [-0.2, 0) is 16.0 Å². The molecule has 0 radical (unpaired) electrons. The maximum atomic E-state index is 12.5. The van der Waals surface area contributed by atoms with Crippen LogP contribution in [0.1, 0.15) is 29.4 Å². The highest BCUT2D eigenvalue weighted by Gasteiger charge is 2.58. The van der Waals surface area contributed by atoms with E-state index in [2.05, 4.69) is 10.1 Å². The van der Waals surface area contributed by atoms with E-state index in [9.17, 15) is 9.59 Å². The Kier molecular flexibility index (Phi) is 3.87. The van der Waals surface area contributed by atoms with Gasteiger partial charge in [0, 0.05) is 43.4 Å². The molecule has 2 aliphatic heterocycles. The third-order valence-corrected chi connectivity index (χ3v) is 6.08. The first-order chi connectivity index (χ1) is 12.0. The third-order valence-electron chi connectivity index (χ3n) is 5.20. The van der Waals surface area contributed by atoms with Gasteiger partial charge in [0.05, 0.1) is 12.3 Å². The Morgan fingerprint density at radius 3 is 2.72 bits per heavy atom. The number of hydrogen-bond acceptors (Lipinski definition) is 6. The van der Waals surface area contributed by atoms with Crippen molar-refractivity contribution in [2.75, 3.05) is 26.2 Å². The van der Waals surface area contributed by atoms with Gasteiger partial charge < -0.3 is 14.3 Å². The summed E-state index contributed by atoms with van der Waals surface area (Å²) in [4.78, 5) is 33.5. The summed E-state index contributed by atoms with van der Waals surface area (Å²) in [6.07, 6.45) is 0.439. The number of amides is 2. The smallest absolute Gasteiger partial charge is 0.232 e. The lowest BCUT2D eigenvalue weighted by molar-refractivity contribution is -0.143. The van der Waals surface area contributed by atoms with Gasteiger partial charge in [-0.25, -0.2) is 0 Å². The second-order valence-electron chi connectivity index (χ2n) is 7.00. The molecule has 0 bridgehead atoms. The molecule has 8 heteroatoms. The van der Waals surface area contributed by atoms with E-state index in [1.807, 2.05) is 27.3 Å². The van der Waals surface area contributed by atoms with Crippen LogP contribution >= 0.6 is 11.3 Å². The number of likely N-dealkylation sites (tertiary alicyclic amines) is 2. The van der Waals surface area contributed by atoms with Crippen molar-refractivity contribution in [2.45, 2.75) is 26.2 Å². The molecular formula is C17H20N4O3S. The summed E-state index contributed by atoms with van der Waals surface area (Å²) >= 11 is 1.60. The number of hydrogen-bond donors (Lipinski definition) is 0. The minimum atomic E-state index is -0.171. The first-order valence-electron chi connectivity index (χ1n) is 8.33. The van der Waals surface area contributed by atoms with Crippen LogP contribution in [-0.4, -0.2) is 57.9 Å². The normalized spacial score (nSPS) is 21.6. The van der Waals surface area contributed by atoms with Gasteiger partial charge in [0.25, 0.3) is 0 Å². The molecule has 132 valence electrons. The fraction of sp³-hybridized carbons (Fsp3) is 0.529. The highest BCUT2D eigenvalue weighted by Crippen LogP contribution is 2.48. The van der Waals surface area contributed by atoms with Gasteiger partial charge in [-0.15, -0.1) is 11.3 Å². The highest BCUT2D eigenvalue weighted by molar-refractivity contribution is 7.10. The van der Waals surface area contributed by atoms with Crippen LogP contribution in [0.4, 0.5) is 0 Å². The van der Waals surface area contributed by atoms with Crippen LogP contribution in [0.5, 0.6) is 0 Å². The van der Waals surface area contributed by atoms with Gasteiger partial charge in [0.15, 0.2) is 5.82 Å². The topological polar surface area (TPSA) is 79.5 Å². The Hall–Kier alpha value is -2.22. The highest BCUT2D eigenvalue weighted by atomic mass is 32.1. The van der Waals surface area contributed by atoms with Crippen LogP contribution in [0.3, 0.4) is 0 Å². The van der Waals surface area contributed by atoms with E-state index in [4.69, 9.17) is 4.52 Å². The summed E-state index contributed by atoms with van der Waals surface area (Å²) in [5.41, 5.74) is -0.171. The van der Waals surface area contributed by atoms with Gasteiger partial charge in [-0.3, -0.25) is 9.59 Å². The summed E-state index contributed by atoms with van der Waals surface area (Å²) in [5, 5.41) is 5.87. The third kappa shape index (κ3) is 2.84. The molecule has 1 atom stereocenters. The number of thiophene rings is 1. The summed E-state index contributed by atoms with van der Waals surface area (Å²) < 4.78 is 5.39. The van der Waals surface area contributed by atoms with Crippen LogP contribution < -0.4 is 0 Å². The van der Waals surface area contributed by atoms with Gasteiger partial charge in [0.2, 0.25) is 17.7 Å². The fourth-order valence-electron chi connectivity index (χ4n) is 3.89. The van der Waals surface area contributed by atoms with E-state index in [1.165, 1.54) is 0 Å². The molecule has 2 amide bonds. The second-order valence-corrected chi connectivity index (χ2v) is 8.03. The first-order valence-corrected chi connectivity index (χ1v) is 9.21. The lowest BCUT2D eigenvalue weighted by Gasteiger charge is -2.50. The van der Waals surface area contributed by atoms with E-state index >= 15 is 0 Å². The summed E-state index contributed by atoms with van der Waals surface area (Å²) in [6, 6.07) is 3.94. The van der Waals surface area contributed by atoms with Crippen molar-refractivity contribution in [3.8, 4) is 0 Å². The molecule has 2 fully saturated rings. The lowest BCUT2D eigenvalue weighted by Crippen LogP contribution is -2.62. The van der Waals surface area contributed by atoms with Gasteiger partial charge in [-0.2, -0.15) is 4.98 Å². The van der Waals surface area contributed by atoms with Crippen molar-refractivity contribution in [2.24, 2.45) is 5.41 Å². The summed E-state index contributed by atoms with van der Waals surface area (Å²) in [5.74, 6) is 1.34. The van der Waals surface area contributed by atoms with Crippen LogP contribution in [0.15, 0.2) is 22.0 Å². The number of aryl methyl sites for hydroxylation is 1. The Labute approximate surface area is 149 Å². The average molecular weight is 360 g/mol. The molecule has 7 nitrogen and oxygen atoms in total. The number of nitrogens with zero attached hydrogens (tertiary/aromatic N) is 4. The molecule has 0 saturated carbocycles. The Bertz CT molecular complexity index is 795. The zero-order valence-electron chi connectivity index (χ0n) is 14.3. The monoisotopic (exact) mass is 360 g/mol. The van der Waals surface area contributed by atoms with E-state index in [0.29, 0.717) is 44.3 Å². The van der Waals surface area contributed by atoms with Crippen molar-refractivity contribution in [3.05, 3.63) is 34.1 Å². The average Bonchev–Trinajstić information content (AvgIpc) is 3.23. The predicted octanol–water partition coefficient (Wildman–Crippen LogP) is 1.46. The minimum absolute atomic E-state index is 0.0108. The molecule has 2 aromatic heterocycles. The van der Waals surface area contributed by atoms with E-state index in [0.717, 1.165) is 4.88 Å². The van der Waals surface area contributed by atoms with Crippen molar-refractivity contribution in [1.82, 2.24) is 19.9 Å². The Balaban J connectivity index is 1.49. The van der Waals surface area contributed by atoms with Crippen LogP contribution in [0, 0.1) is 12.3 Å². The van der Waals surface area contributed by atoms with E-state index in [-0.39, 0.29) is 23.1 Å². The van der Waals surface area contributed by atoms with Gasteiger partial charge >= 0.3 is 0 Å². The van der Waals surface area contributed by atoms with E-state index < -0.39 is 0 Å². The van der Waals surface area contributed by atoms with Gasteiger partial charge in [-0.05, 0) is 18.4 Å². The van der Waals surface area contributed by atoms with Crippen molar-refractivity contribution >= 4 is 23.2 Å². The molecule has 1 unspecified atom stereocenters. The number of carbonyl (C=O) groups is 2. The van der Waals surface area contributed by atoms with Gasteiger partial charge in [0.1, 0.15) is 0 Å². The number of rotatable bonds is 3. The first kappa shape index (κ1) is 16.3. The molecule has 2 saturated heterocycles. The number of aromatic nitrogens is 2. The molecule has 1 spiro atoms. The molecule has 4 rings (SSSR count). The Morgan fingerprint density at radius 1 is 1.36 bits per heavy atom. The van der Waals surface area contributed by atoms with Gasteiger partial charge in [-0.1, -0.05) is 11.2 Å². The van der Waals surface area contributed by atoms with Crippen molar-refractivity contribution in [3.63, 3.8) is 0 Å². The largest absolute Gasteiger partial charge is 0.341 e. The number of carbonyl (C=O) groups excluding carboxylic acids is 2. The molecule has 2 aromatic rings. The van der Waals surface area contributed by atoms with Crippen molar-refractivity contribution < 1.29 is 14.1 Å². The molecule has 0 aliphatic carbocycles. The standard InChI is InChI=1S/C17H20N4O3S/c1-11-18-16(24-19-11)14-7-20(12(2)22)8-17(14)9-21(10-17)15(23)6-13-4-3-5-25-13/h3-5,14H,6-10H2,1-2H3. The zero-order chi connectivity index (χ0) is 17.6. The molecule has 2 aliphatic rings. The quantitative estimate of drug-likeness (QED) is 0.828. The van der Waals surface area contributed by atoms with Crippen molar-refractivity contribution in [1.29, 1.82) is 0 Å². The SMILES string of the molecule is CC(=O)N1CC(c2nc(C)no2)C2(C1)CN(C(=O)Cc1cccs1)C2. The molecule has 0 aromatic carbocycles. The zero-order valence-corrected chi connectivity index (χ0v) is 15.1. The molecule has 0 N–H and O–H groups in total. The summed E-state index contributed by atoms with van der Waals surface area (Å²) in [6.45, 7) is 5.84. The molecule has 25 heavy (non-hydrogen) atoms. The maximum Gasteiger partial charge on any atom is 0.232 e. The predicted molar refractivity (Wildman–Crippen MR) is 91.1 cm³/mol. The van der Waals surface area contributed by atoms with Crippen LogP contribution in [0.2, 0.25) is 0 Å². The lowest BCUT2D eigenvalue weighted by atomic mass is 9.71. The Morgan fingerprint density at radius 2 is 2.12 bits per heavy atom. The maximum absolute atomic E-state index is 12.5. The molecule has 4 heterocycles. The van der Waals surface area contributed by atoms with E-state index in [1.54, 1.807) is 25.2 Å². The fourth-order valence-corrected chi connectivity index (χ4v) is 4.58.